The van der Waals surface area contributed by atoms with Crippen molar-refractivity contribution in [3.63, 3.8) is 0 Å². The first-order valence-electron chi connectivity index (χ1n) is 2.74. The molecule has 0 aliphatic heterocycles. The van der Waals surface area contributed by atoms with Crippen LogP contribution in [0.15, 0.2) is 18.2 Å². The molecular formula is C7H5BrClF. The van der Waals surface area contributed by atoms with Gasteiger partial charge >= 0.3 is 0 Å². The minimum Gasteiger partial charge on any atom is -0.207 e. The minimum absolute atomic E-state index is 0.251. The highest BCUT2D eigenvalue weighted by molar-refractivity contribution is 9.08. The average molecular weight is 223 g/mol. The first kappa shape index (κ1) is 8.02. The summed E-state index contributed by atoms with van der Waals surface area (Å²) in [5.41, 5.74) is 0.779. The molecule has 0 bridgehead atoms. The molecule has 0 aliphatic carbocycles. The van der Waals surface area contributed by atoms with Crippen LogP contribution in [0.1, 0.15) is 5.56 Å². The summed E-state index contributed by atoms with van der Waals surface area (Å²) >= 11 is 8.89. The molecule has 0 saturated carbocycles. The molecule has 0 N–H and O–H groups in total. The molecule has 3 heteroatoms. The topological polar surface area (TPSA) is 0 Å². The Labute approximate surface area is 72.1 Å². The SMILES string of the molecule is Fc1ccc(Cl)c(CBr)c1. The number of hydrogen-bond acceptors (Lipinski definition) is 0. The van der Waals surface area contributed by atoms with Crippen molar-refractivity contribution in [2.24, 2.45) is 0 Å². The van der Waals surface area contributed by atoms with Crippen molar-refractivity contribution in [1.29, 1.82) is 0 Å². The van der Waals surface area contributed by atoms with Gasteiger partial charge in [-0.2, -0.15) is 0 Å². The third-order valence-corrected chi connectivity index (χ3v) is 2.12. The molecule has 0 aromatic heterocycles. The van der Waals surface area contributed by atoms with E-state index in [9.17, 15) is 4.39 Å². The predicted octanol–water partition coefficient (Wildman–Crippen LogP) is 3.37. The molecule has 0 unspecified atom stereocenters. The lowest BCUT2D eigenvalue weighted by Gasteiger charge is -1.97. The van der Waals surface area contributed by atoms with Crippen molar-refractivity contribution >= 4 is 27.5 Å². The van der Waals surface area contributed by atoms with Gasteiger partial charge in [0.05, 0.1) is 0 Å². The molecule has 0 fully saturated rings. The summed E-state index contributed by atoms with van der Waals surface area (Å²) in [6, 6.07) is 4.30. The first-order chi connectivity index (χ1) is 4.74. The largest absolute Gasteiger partial charge is 0.207 e. The van der Waals surface area contributed by atoms with Gasteiger partial charge in [-0.3, -0.25) is 0 Å². The molecule has 1 aromatic carbocycles. The average Bonchev–Trinajstić information content (AvgIpc) is 1.94. The second-order valence-electron chi connectivity index (χ2n) is 1.87. The molecule has 1 aromatic rings. The number of rotatable bonds is 1. The molecule has 0 saturated heterocycles. The first-order valence-corrected chi connectivity index (χ1v) is 4.24. The maximum Gasteiger partial charge on any atom is 0.123 e. The van der Waals surface area contributed by atoms with Crippen molar-refractivity contribution in [2.75, 3.05) is 0 Å². The summed E-state index contributed by atoms with van der Waals surface area (Å²) in [6.07, 6.45) is 0. The van der Waals surface area contributed by atoms with Crippen molar-refractivity contribution in [2.45, 2.75) is 5.33 Å². The zero-order valence-corrected chi connectivity index (χ0v) is 7.41. The van der Waals surface area contributed by atoms with Gasteiger partial charge in [0.25, 0.3) is 0 Å². The smallest absolute Gasteiger partial charge is 0.123 e. The van der Waals surface area contributed by atoms with E-state index in [0.717, 1.165) is 5.56 Å². The van der Waals surface area contributed by atoms with Crippen LogP contribution < -0.4 is 0 Å². The van der Waals surface area contributed by atoms with Crippen molar-refractivity contribution in [3.05, 3.63) is 34.6 Å². The van der Waals surface area contributed by atoms with E-state index < -0.39 is 0 Å². The Morgan fingerprint density at radius 1 is 1.50 bits per heavy atom. The molecular weight excluding hydrogens is 218 g/mol. The van der Waals surface area contributed by atoms with Crippen LogP contribution >= 0.6 is 27.5 Å². The Bertz CT molecular complexity index is 237. The molecule has 0 nitrogen and oxygen atoms in total. The highest BCUT2D eigenvalue weighted by Crippen LogP contribution is 2.18. The highest BCUT2D eigenvalue weighted by atomic mass is 79.9. The van der Waals surface area contributed by atoms with Crippen LogP contribution in [0.4, 0.5) is 4.39 Å². The van der Waals surface area contributed by atoms with Crippen LogP contribution in [0.2, 0.25) is 5.02 Å². The maximum atomic E-state index is 12.5. The third-order valence-electron chi connectivity index (χ3n) is 1.15. The Kier molecular flexibility index (Phi) is 2.69. The summed E-state index contributed by atoms with van der Waals surface area (Å²) in [7, 11) is 0. The lowest BCUT2D eigenvalue weighted by molar-refractivity contribution is 0.626. The lowest BCUT2D eigenvalue weighted by atomic mass is 10.2. The molecule has 0 atom stereocenters. The van der Waals surface area contributed by atoms with Crippen molar-refractivity contribution < 1.29 is 4.39 Å². The zero-order valence-electron chi connectivity index (χ0n) is 5.07. The maximum absolute atomic E-state index is 12.5. The normalized spacial score (nSPS) is 9.90. The van der Waals surface area contributed by atoms with Crippen LogP contribution in [0.25, 0.3) is 0 Å². The fourth-order valence-electron chi connectivity index (χ4n) is 0.646. The van der Waals surface area contributed by atoms with Crippen LogP contribution in [-0.4, -0.2) is 0 Å². The van der Waals surface area contributed by atoms with Gasteiger partial charge in [-0.25, -0.2) is 4.39 Å². The van der Waals surface area contributed by atoms with E-state index in [-0.39, 0.29) is 5.82 Å². The summed E-state index contributed by atoms with van der Waals surface area (Å²) in [4.78, 5) is 0. The quantitative estimate of drug-likeness (QED) is 0.640. The molecule has 0 amide bonds. The van der Waals surface area contributed by atoms with E-state index in [1.54, 1.807) is 6.07 Å². The third kappa shape index (κ3) is 1.70. The van der Waals surface area contributed by atoms with E-state index in [2.05, 4.69) is 15.9 Å². The number of halogens is 3. The van der Waals surface area contributed by atoms with Gasteiger partial charge in [-0.15, -0.1) is 0 Å². The Morgan fingerprint density at radius 3 is 2.70 bits per heavy atom. The fourth-order valence-corrected chi connectivity index (χ4v) is 1.46. The second-order valence-corrected chi connectivity index (χ2v) is 2.84. The van der Waals surface area contributed by atoms with Gasteiger partial charge in [-0.1, -0.05) is 27.5 Å². The molecule has 0 aliphatic rings. The van der Waals surface area contributed by atoms with Crippen molar-refractivity contribution in [3.8, 4) is 0 Å². The summed E-state index contributed by atoms with van der Waals surface area (Å²) in [5.74, 6) is -0.251. The van der Waals surface area contributed by atoms with Gasteiger partial charge in [0.1, 0.15) is 5.82 Å². The van der Waals surface area contributed by atoms with E-state index in [1.807, 2.05) is 0 Å². The Hall–Kier alpha value is -0.0800. The second kappa shape index (κ2) is 3.35. The zero-order chi connectivity index (χ0) is 7.56. The number of benzene rings is 1. The van der Waals surface area contributed by atoms with E-state index in [0.29, 0.717) is 10.4 Å². The Morgan fingerprint density at radius 2 is 2.20 bits per heavy atom. The number of alkyl halides is 1. The van der Waals surface area contributed by atoms with E-state index in [4.69, 9.17) is 11.6 Å². The van der Waals surface area contributed by atoms with Crippen molar-refractivity contribution in [1.82, 2.24) is 0 Å². The van der Waals surface area contributed by atoms with Gasteiger partial charge in [-0.05, 0) is 23.8 Å². The minimum atomic E-state index is -0.251. The van der Waals surface area contributed by atoms with Gasteiger partial charge in [0.15, 0.2) is 0 Å². The summed E-state index contributed by atoms with van der Waals surface area (Å²) in [5, 5.41) is 1.18. The van der Waals surface area contributed by atoms with Gasteiger partial charge in [0, 0.05) is 10.4 Å². The van der Waals surface area contributed by atoms with Crippen LogP contribution in [-0.2, 0) is 5.33 Å². The molecule has 54 valence electrons. The molecule has 0 radical (unpaired) electrons. The monoisotopic (exact) mass is 222 g/mol. The van der Waals surface area contributed by atoms with Crippen LogP contribution in [0, 0.1) is 5.82 Å². The van der Waals surface area contributed by atoms with E-state index >= 15 is 0 Å². The lowest BCUT2D eigenvalue weighted by Crippen LogP contribution is -1.81. The van der Waals surface area contributed by atoms with Gasteiger partial charge in [0.2, 0.25) is 0 Å². The Balaban J connectivity index is 3.09. The highest BCUT2D eigenvalue weighted by Gasteiger charge is 1.98. The number of hydrogen-bond donors (Lipinski definition) is 0. The standard InChI is InChI=1S/C7H5BrClF/c8-4-5-3-6(10)1-2-7(5)9/h1-3H,4H2. The molecule has 1 rings (SSSR count). The molecule has 0 heterocycles. The molecule has 10 heavy (non-hydrogen) atoms. The summed E-state index contributed by atoms with van der Waals surface area (Å²) in [6.45, 7) is 0. The van der Waals surface area contributed by atoms with Crippen LogP contribution in [0.5, 0.6) is 0 Å². The van der Waals surface area contributed by atoms with Gasteiger partial charge < -0.3 is 0 Å². The van der Waals surface area contributed by atoms with E-state index in [1.165, 1.54) is 12.1 Å². The van der Waals surface area contributed by atoms with Crippen LogP contribution in [0.3, 0.4) is 0 Å². The molecule has 0 spiro atoms. The predicted molar refractivity (Wildman–Crippen MR) is 44.0 cm³/mol. The fraction of sp³-hybridized carbons (Fsp3) is 0.143. The summed E-state index contributed by atoms with van der Waals surface area (Å²) < 4.78 is 12.5.